The molecule has 6 heteroatoms. The summed E-state index contributed by atoms with van der Waals surface area (Å²) < 4.78 is 10.5. The van der Waals surface area contributed by atoms with Crippen molar-refractivity contribution in [3.63, 3.8) is 0 Å². The number of ether oxygens (including phenoxy) is 2. The van der Waals surface area contributed by atoms with Gasteiger partial charge in [-0.3, -0.25) is 4.79 Å². The molecule has 1 aliphatic carbocycles. The van der Waals surface area contributed by atoms with Crippen molar-refractivity contribution in [2.45, 2.75) is 25.7 Å². The van der Waals surface area contributed by atoms with Gasteiger partial charge < -0.3 is 14.8 Å². The lowest BCUT2D eigenvalue weighted by Gasteiger charge is -2.11. The van der Waals surface area contributed by atoms with Crippen LogP contribution < -0.4 is 10.1 Å². The normalized spacial score (nSPS) is 14.9. The van der Waals surface area contributed by atoms with Gasteiger partial charge in [-0.25, -0.2) is 4.79 Å². The minimum atomic E-state index is -0.399. The lowest BCUT2D eigenvalue weighted by atomic mass is 9.95. The minimum absolute atomic E-state index is 0.282. The molecule has 2 aliphatic rings. The van der Waals surface area contributed by atoms with E-state index >= 15 is 0 Å². The van der Waals surface area contributed by atoms with E-state index in [1.54, 1.807) is 12.2 Å². The van der Waals surface area contributed by atoms with Crippen LogP contribution in [-0.4, -0.2) is 19.0 Å². The molecule has 0 radical (unpaired) electrons. The van der Waals surface area contributed by atoms with Gasteiger partial charge in [-0.15, -0.1) is 11.3 Å². The number of esters is 1. The second-order valence-electron chi connectivity index (χ2n) is 6.42. The molecule has 4 rings (SSSR count). The van der Waals surface area contributed by atoms with Gasteiger partial charge in [0.15, 0.2) is 0 Å². The molecule has 1 N–H and O–H groups in total. The van der Waals surface area contributed by atoms with E-state index in [1.807, 2.05) is 24.3 Å². The standard InChI is InChI=1S/C21H19NO4S/c1-25-21(24)18-15-7-3-5-9-17(15)27-20(18)22-19(23)14-10-11-26-16-8-4-2-6-13(16)12-14/h2,4,6,8,10-12H,3,5,7,9H2,1H3,(H,22,23). The number of rotatable bonds is 3. The monoisotopic (exact) mass is 381 g/mol. The van der Waals surface area contributed by atoms with Gasteiger partial charge >= 0.3 is 5.97 Å². The van der Waals surface area contributed by atoms with Crippen molar-refractivity contribution in [3.05, 3.63) is 63.7 Å². The maximum Gasteiger partial charge on any atom is 0.341 e. The van der Waals surface area contributed by atoms with E-state index in [2.05, 4.69) is 5.32 Å². The number of amides is 1. The Labute approximate surface area is 161 Å². The zero-order chi connectivity index (χ0) is 18.8. The second-order valence-corrected chi connectivity index (χ2v) is 7.52. The van der Waals surface area contributed by atoms with Gasteiger partial charge in [0.05, 0.1) is 18.9 Å². The molecule has 1 aromatic heterocycles. The number of carbonyl (C=O) groups excluding carboxylic acids is 2. The Morgan fingerprint density at radius 1 is 1.19 bits per heavy atom. The molecule has 0 spiro atoms. The quantitative estimate of drug-likeness (QED) is 0.803. The third kappa shape index (κ3) is 3.40. The highest BCUT2D eigenvalue weighted by atomic mass is 32.1. The highest BCUT2D eigenvalue weighted by Crippen LogP contribution is 2.39. The largest absolute Gasteiger partial charge is 0.465 e. The van der Waals surface area contributed by atoms with Crippen LogP contribution in [0.25, 0.3) is 6.08 Å². The van der Waals surface area contributed by atoms with Gasteiger partial charge in [0, 0.05) is 16.0 Å². The Morgan fingerprint density at radius 3 is 2.85 bits per heavy atom. The fourth-order valence-electron chi connectivity index (χ4n) is 3.39. The third-order valence-corrected chi connectivity index (χ3v) is 5.93. The smallest absolute Gasteiger partial charge is 0.341 e. The van der Waals surface area contributed by atoms with Crippen LogP contribution in [0.3, 0.4) is 0 Å². The summed E-state index contributed by atoms with van der Waals surface area (Å²) in [5, 5.41) is 3.48. The molecule has 0 saturated heterocycles. The summed E-state index contributed by atoms with van der Waals surface area (Å²) in [7, 11) is 1.37. The number of hydrogen-bond acceptors (Lipinski definition) is 5. The van der Waals surface area contributed by atoms with E-state index in [0.717, 1.165) is 41.7 Å². The summed E-state index contributed by atoms with van der Waals surface area (Å²) in [6.45, 7) is 0. The van der Waals surface area contributed by atoms with E-state index in [4.69, 9.17) is 9.47 Å². The Balaban J connectivity index is 1.66. The van der Waals surface area contributed by atoms with Gasteiger partial charge in [-0.1, -0.05) is 18.2 Å². The predicted octanol–water partition coefficient (Wildman–Crippen LogP) is 4.34. The van der Waals surface area contributed by atoms with Crippen molar-refractivity contribution >= 4 is 34.3 Å². The van der Waals surface area contributed by atoms with Crippen molar-refractivity contribution in [1.29, 1.82) is 0 Å². The number of nitrogens with one attached hydrogen (secondary N) is 1. The number of thiophene rings is 1. The van der Waals surface area contributed by atoms with E-state index in [0.29, 0.717) is 21.9 Å². The highest BCUT2D eigenvalue weighted by molar-refractivity contribution is 7.17. The average molecular weight is 381 g/mol. The number of methoxy groups -OCH3 is 1. The number of fused-ring (bicyclic) bond motifs is 2. The molecule has 0 bridgehead atoms. The first kappa shape index (κ1) is 17.5. The van der Waals surface area contributed by atoms with Gasteiger partial charge in [-0.2, -0.15) is 0 Å². The van der Waals surface area contributed by atoms with Crippen molar-refractivity contribution in [3.8, 4) is 5.75 Å². The van der Waals surface area contributed by atoms with Crippen LogP contribution in [0.2, 0.25) is 0 Å². The lowest BCUT2D eigenvalue weighted by Crippen LogP contribution is -2.16. The van der Waals surface area contributed by atoms with Gasteiger partial charge in [0.25, 0.3) is 5.91 Å². The topological polar surface area (TPSA) is 64.6 Å². The summed E-state index contributed by atoms with van der Waals surface area (Å²) in [6.07, 6.45) is 8.82. The fourth-order valence-corrected chi connectivity index (χ4v) is 4.66. The number of anilines is 1. The molecule has 2 aromatic rings. The third-order valence-electron chi connectivity index (χ3n) is 4.72. The van der Waals surface area contributed by atoms with Gasteiger partial charge in [0.1, 0.15) is 10.8 Å². The van der Waals surface area contributed by atoms with Crippen molar-refractivity contribution in [2.75, 3.05) is 12.4 Å². The van der Waals surface area contributed by atoms with Crippen LogP contribution in [0.5, 0.6) is 5.75 Å². The molecule has 1 aliphatic heterocycles. The predicted molar refractivity (Wildman–Crippen MR) is 105 cm³/mol. The average Bonchev–Trinajstić information content (AvgIpc) is 2.90. The molecular weight excluding hydrogens is 362 g/mol. The summed E-state index contributed by atoms with van der Waals surface area (Å²) >= 11 is 1.47. The molecule has 27 heavy (non-hydrogen) atoms. The zero-order valence-electron chi connectivity index (χ0n) is 14.9. The van der Waals surface area contributed by atoms with Crippen LogP contribution in [0.1, 0.15) is 39.2 Å². The first-order valence-electron chi connectivity index (χ1n) is 8.85. The summed E-state index contributed by atoms with van der Waals surface area (Å²) in [5.74, 6) is 0.0115. The molecule has 5 nitrogen and oxygen atoms in total. The molecule has 1 amide bonds. The van der Waals surface area contributed by atoms with Crippen LogP contribution in [0.4, 0.5) is 5.00 Å². The number of aryl methyl sites for hydroxylation is 1. The summed E-state index contributed by atoms with van der Waals surface area (Å²) in [6, 6.07) is 7.51. The SMILES string of the molecule is COC(=O)c1c(NC(=O)C2=Cc3ccccc3OC=C2)sc2c1CCCC2. The van der Waals surface area contributed by atoms with E-state index < -0.39 is 5.97 Å². The van der Waals surface area contributed by atoms with Gasteiger partial charge in [-0.05, 0) is 49.5 Å². The van der Waals surface area contributed by atoms with E-state index in [1.165, 1.54) is 24.7 Å². The van der Waals surface area contributed by atoms with E-state index in [-0.39, 0.29) is 5.91 Å². The lowest BCUT2D eigenvalue weighted by molar-refractivity contribution is -0.112. The number of carbonyl (C=O) groups is 2. The molecular formula is C21H19NO4S. The summed E-state index contributed by atoms with van der Waals surface area (Å²) in [4.78, 5) is 26.4. The number of benzene rings is 1. The van der Waals surface area contributed by atoms with Crippen molar-refractivity contribution < 1.29 is 19.1 Å². The Bertz CT molecular complexity index is 971. The van der Waals surface area contributed by atoms with E-state index in [9.17, 15) is 9.59 Å². The Morgan fingerprint density at radius 2 is 2.00 bits per heavy atom. The zero-order valence-corrected chi connectivity index (χ0v) is 15.7. The molecule has 0 fully saturated rings. The molecule has 138 valence electrons. The minimum Gasteiger partial charge on any atom is -0.465 e. The summed E-state index contributed by atoms with van der Waals surface area (Å²) in [5.41, 5.74) is 2.81. The second kappa shape index (κ2) is 7.40. The molecule has 0 unspecified atom stereocenters. The maximum atomic E-state index is 12.9. The van der Waals surface area contributed by atoms with Crippen molar-refractivity contribution in [1.82, 2.24) is 0 Å². The van der Waals surface area contributed by atoms with Crippen LogP contribution in [0, 0.1) is 0 Å². The maximum absolute atomic E-state index is 12.9. The molecule has 2 heterocycles. The molecule has 1 aromatic carbocycles. The number of hydrogen-bond donors (Lipinski definition) is 1. The van der Waals surface area contributed by atoms with Crippen LogP contribution in [0.15, 0.2) is 42.2 Å². The first-order valence-corrected chi connectivity index (χ1v) is 9.67. The Hall–Kier alpha value is -2.86. The van der Waals surface area contributed by atoms with Crippen molar-refractivity contribution in [2.24, 2.45) is 0 Å². The molecule has 0 saturated carbocycles. The van der Waals surface area contributed by atoms with Crippen LogP contribution in [-0.2, 0) is 22.4 Å². The van der Waals surface area contributed by atoms with Crippen LogP contribution >= 0.6 is 11.3 Å². The Kier molecular flexibility index (Phi) is 4.81. The highest BCUT2D eigenvalue weighted by Gasteiger charge is 2.27. The molecule has 0 atom stereocenters. The first-order chi connectivity index (χ1) is 13.2. The van der Waals surface area contributed by atoms with Gasteiger partial charge in [0.2, 0.25) is 0 Å². The fraction of sp³-hybridized carbons (Fsp3) is 0.238. The number of para-hydroxylation sites is 1.